The summed E-state index contributed by atoms with van der Waals surface area (Å²) < 4.78 is 13.8. The zero-order valence-electron chi connectivity index (χ0n) is 23.1. The fourth-order valence-corrected chi connectivity index (χ4v) is 6.97. The van der Waals surface area contributed by atoms with Crippen molar-refractivity contribution < 1.29 is 43.4 Å². The van der Waals surface area contributed by atoms with Crippen LogP contribution in [0.3, 0.4) is 0 Å². The van der Waals surface area contributed by atoms with Crippen molar-refractivity contribution in [1.82, 2.24) is 10.2 Å². The maximum absolute atomic E-state index is 14.1. The molecule has 42 heavy (non-hydrogen) atoms. The van der Waals surface area contributed by atoms with Gasteiger partial charge < -0.3 is 21.3 Å². The number of aromatic hydroxyl groups is 1. The van der Waals surface area contributed by atoms with Crippen LogP contribution in [0.1, 0.15) is 34.8 Å². The molecule has 0 heterocycles. The summed E-state index contributed by atoms with van der Waals surface area (Å²) in [6.45, 7) is 1.12. The van der Waals surface area contributed by atoms with Crippen molar-refractivity contribution >= 4 is 34.9 Å². The molecule has 0 aromatic heterocycles. The molecule has 3 aliphatic carbocycles. The van der Waals surface area contributed by atoms with E-state index in [1.54, 1.807) is 6.07 Å². The second-order valence-corrected chi connectivity index (χ2v) is 11.5. The van der Waals surface area contributed by atoms with Crippen LogP contribution in [0.4, 0.5) is 4.39 Å². The Morgan fingerprint density at radius 2 is 1.76 bits per heavy atom. The normalized spacial score (nSPS) is 28.7. The van der Waals surface area contributed by atoms with Gasteiger partial charge in [-0.2, -0.15) is 0 Å². The number of amides is 2. The highest BCUT2D eigenvalue weighted by molar-refractivity contribution is 6.32. The van der Waals surface area contributed by atoms with Crippen LogP contribution >= 0.6 is 0 Å². The molecule has 12 heteroatoms. The third kappa shape index (κ3) is 4.24. The molecule has 220 valence electrons. The van der Waals surface area contributed by atoms with Gasteiger partial charge in [0.05, 0.1) is 17.5 Å². The van der Waals surface area contributed by atoms with Crippen molar-refractivity contribution in [3.63, 3.8) is 0 Å². The summed E-state index contributed by atoms with van der Waals surface area (Å²) in [5.74, 6) is -12.5. The lowest BCUT2D eigenvalue weighted by atomic mass is 9.52. The minimum atomic E-state index is -2.83. The molecule has 11 nitrogen and oxygen atoms in total. The van der Waals surface area contributed by atoms with Crippen LogP contribution < -0.4 is 11.1 Å². The summed E-state index contributed by atoms with van der Waals surface area (Å²) >= 11 is 0. The van der Waals surface area contributed by atoms with Crippen molar-refractivity contribution in [3.05, 3.63) is 52.8 Å². The number of phenols is 1. The molecule has 0 radical (unpaired) electrons. The molecule has 2 aromatic carbocycles. The van der Waals surface area contributed by atoms with Gasteiger partial charge in [0.2, 0.25) is 11.8 Å². The van der Waals surface area contributed by atoms with Gasteiger partial charge in [-0.25, -0.2) is 4.39 Å². The molecule has 5 N–H and O–H groups in total. The summed E-state index contributed by atoms with van der Waals surface area (Å²) in [6, 6.07) is 5.83. The fourth-order valence-electron chi connectivity index (χ4n) is 6.97. The van der Waals surface area contributed by atoms with Crippen molar-refractivity contribution in [2.45, 2.75) is 38.0 Å². The number of primary amides is 1. The molecule has 2 saturated carbocycles. The van der Waals surface area contributed by atoms with Crippen molar-refractivity contribution in [2.75, 3.05) is 14.1 Å². The highest BCUT2D eigenvalue weighted by Crippen LogP contribution is 2.52. The molecule has 2 unspecified atom stereocenters. The number of phenolic OH excluding ortho intramolecular Hbond substituents is 1. The van der Waals surface area contributed by atoms with E-state index in [2.05, 4.69) is 5.32 Å². The molecule has 0 spiro atoms. The molecule has 2 aromatic rings. The van der Waals surface area contributed by atoms with Crippen molar-refractivity contribution in [3.8, 4) is 16.9 Å². The van der Waals surface area contributed by atoms with Gasteiger partial charge in [0.25, 0.3) is 0 Å². The maximum Gasteiger partial charge on any atom is 0.235 e. The Bertz CT molecular complexity index is 1570. The average molecular weight is 580 g/mol. The summed E-state index contributed by atoms with van der Waals surface area (Å²) in [5, 5.41) is 25.5. The van der Waals surface area contributed by atoms with Gasteiger partial charge in [0.1, 0.15) is 11.6 Å². The molecule has 2 fully saturated rings. The predicted molar refractivity (Wildman–Crippen MR) is 144 cm³/mol. The van der Waals surface area contributed by atoms with Crippen LogP contribution in [-0.2, 0) is 36.9 Å². The number of aliphatic hydroxyl groups is 1. The van der Waals surface area contributed by atoms with Crippen LogP contribution in [0.15, 0.2) is 30.3 Å². The molecular formula is C30H30FN3O8. The van der Waals surface area contributed by atoms with Gasteiger partial charge in [-0.1, -0.05) is 12.1 Å². The third-order valence-corrected chi connectivity index (χ3v) is 8.82. The second kappa shape index (κ2) is 10.2. The first-order chi connectivity index (χ1) is 19.7. The Balaban J connectivity index is 1.69. The number of rotatable bonds is 5. The van der Waals surface area contributed by atoms with Gasteiger partial charge in [0.15, 0.2) is 34.7 Å². The van der Waals surface area contributed by atoms with Crippen LogP contribution in [0.2, 0.25) is 0 Å². The molecular weight excluding hydrogens is 549 g/mol. The summed E-state index contributed by atoms with van der Waals surface area (Å²) in [4.78, 5) is 80.0. The second-order valence-electron chi connectivity index (χ2n) is 11.5. The first kappa shape index (κ1) is 29.2. The number of Topliss-reactive ketones (excluding diaryl/α,β-unsaturated/α-hetero) is 4. The average Bonchev–Trinajstić information content (AvgIpc) is 2.90. The number of fused-ring (bicyclic) bond motifs is 3. The van der Waals surface area contributed by atoms with E-state index in [4.69, 9.17) is 5.73 Å². The lowest BCUT2D eigenvalue weighted by Crippen LogP contribution is -2.74. The Kier molecular flexibility index (Phi) is 7.10. The zero-order chi connectivity index (χ0) is 30.8. The number of nitrogens with two attached hydrogens (primary N) is 1. The highest BCUT2D eigenvalue weighted by atomic mass is 19.1. The standard InChI is InChI=1S/C30H30FN3O8/c1-12(35)33-11-15-9-17(13-4-6-16(31)7-5-13)18-8-14-10-19-23(34(2)3)26(38)22(29(32)41)28(40)30(19,42)27(39)20(14)25(37)21(18)24(15)36/h4-7,9,14,19-20,22-23,36,42H,8,10-11H2,1-3H3,(H2,32,41)(H,33,35)/t14-,19-,20?,22?,23-,30-/m1/s1. The number of carbonyl (C=O) groups is 6. The molecule has 0 saturated heterocycles. The van der Waals surface area contributed by atoms with E-state index in [1.807, 2.05) is 0 Å². The van der Waals surface area contributed by atoms with Crippen LogP contribution in [0, 0.1) is 29.5 Å². The first-order valence-electron chi connectivity index (χ1n) is 13.4. The first-order valence-corrected chi connectivity index (χ1v) is 13.4. The van der Waals surface area contributed by atoms with Gasteiger partial charge in [-0.15, -0.1) is 0 Å². The third-order valence-electron chi connectivity index (χ3n) is 8.82. The van der Waals surface area contributed by atoms with E-state index in [9.17, 15) is 43.4 Å². The van der Waals surface area contributed by atoms with E-state index >= 15 is 0 Å². The predicted octanol–water partition coefficient (Wildman–Crippen LogP) is 0.309. The van der Waals surface area contributed by atoms with E-state index in [-0.39, 0.29) is 30.5 Å². The van der Waals surface area contributed by atoms with Crippen LogP contribution in [-0.4, -0.2) is 75.8 Å². The number of hydrogen-bond acceptors (Lipinski definition) is 9. The van der Waals surface area contributed by atoms with E-state index < -0.39 is 81.8 Å². The SMILES string of the molecule is CC(=O)NCc1cc(-c2ccc(F)cc2)c2c(c1O)C(=O)C1C(=O)[C@@]3(O)C(=O)C(C(N)=O)C(=O)[C@H](N(C)C)[C@H]3C[C@H]1C2. The summed E-state index contributed by atoms with van der Waals surface area (Å²) in [5.41, 5.74) is 3.83. The van der Waals surface area contributed by atoms with Crippen LogP contribution in [0.25, 0.3) is 11.1 Å². The van der Waals surface area contributed by atoms with Crippen molar-refractivity contribution in [2.24, 2.45) is 29.4 Å². The zero-order valence-corrected chi connectivity index (χ0v) is 23.1. The molecule has 5 rings (SSSR count). The Labute approximate surface area is 239 Å². The Morgan fingerprint density at radius 1 is 1.12 bits per heavy atom. The van der Waals surface area contributed by atoms with Crippen LogP contribution in [0.5, 0.6) is 5.75 Å². The Hall–Kier alpha value is -4.29. The summed E-state index contributed by atoms with van der Waals surface area (Å²) in [6.07, 6.45) is -0.0479. The number of likely N-dealkylation sites (N-methyl/N-ethyl adjacent to an activating group) is 1. The quantitative estimate of drug-likeness (QED) is 0.362. The lowest BCUT2D eigenvalue weighted by molar-refractivity contribution is -0.181. The topological polar surface area (TPSA) is 184 Å². The number of nitrogens with one attached hydrogen (secondary N) is 1. The van der Waals surface area contributed by atoms with E-state index in [0.717, 1.165) is 0 Å². The monoisotopic (exact) mass is 579 g/mol. The van der Waals surface area contributed by atoms with Crippen molar-refractivity contribution in [1.29, 1.82) is 0 Å². The number of benzene rings is 2. The van der Waals surface area contributed by atoms with Gasteiger partial charge in [-0.3, -0.25) is 33.7 Å². The molecule has 0 aliphatic heterocycles. The molecule has 6 atom stereocenters. The molecule has 3 aliphatic rings. The lowest BCUT2D eigenvalue weighted by Gasteiger charge is -2.52. The minimum absolute atomic E-state index is 0.0481. The molecule has 0 bridgehead atoms. The molecule has 2 amide bonds. The minimum Gasteiger partial charge on any atom is -0.507 e. The van der Waals surface area contributed by atoms with Gasteiger partial charge >= 0.3 is 0 Å². The Morgan fingerprint density at radius 3 is 2.33 bits per heavy atom. The van der Waals surface area contributed by atoms with E-state index in [0.29, 0.717) is 16.7 Å². The number of ketones is 4. The van der Waals surface area contributed by atoms with E-state index in [1.165, 1.54) is 50.2 Å². The fraction of sp³-hybridized carbons (Fsp3) is 0.400. The number of nitrogens with zero attached hydrogens (tertiary/aromatic N) is 1. The number of halogens is 1. The maximum atomic E-state index is 14.1. The number of carbonyl (C=O) groups excluding carboxylic acids is 6. The smallest absolute Gasteiger partial charge is 0.235 e. The highest BCUT2D eigenvalue weighted by Gasteiger charge is 2.69. The van der Waals surface area contributed by atoms with Gasteiger partial charge in [-0.05, 0) is 67.7 Å². The van der Waals surface area contributed by atoms with Gasteiger partial charge in [0, 0.05) is 24.9 Å². The number of hydrogen-bond donors (Lipinski definition) is 4. The summed E-state index contributed by atoms with van der Waals surface area (Å²) in [7, 11) is 3.02. The largest absolute Gasteiger partial charge is 0.507 e.